The van der Waals surface area contributed by atoms with Crippen molar-refractivity contribution in [2.75, 3.05) is 0 Å². The molecule has 106 valence electrons. The molecule has 3 aromatic carbocycles. The van der Waals surface area contributed by atoms with Crippen LogP contribution in [0.1, 0.15) is 5.69 Å². The zero-order valence-corrected chi connectivity index (χ0v) is 12.5. The second kappa shape index (κ2) is 5.19. The van der Waals surface area contributed by atoms with Crippen LogP contribution in [0, 0.1) is 6.92 Å². The van der Waals surface area contributed by atoms with Gasteiger partial charge in [-0.1, -0.05) is 60.7 Å². The van der Waals surface area contributed by atoms with Crippen LogP contribution in [0.25, 0.3) is 27.7 Å². The molecule has 0 N–H and O–H groups in total. The SMILES string of the molecule is Cc1cc2ccccc2n1-c1ccc(-c2ccccc2)cc1. The van der Waals surface area contributed by atoms with Crippen molar-refractivity contribution in [1.29, 1.82) is 0 Å². The van der Waals surface area contributed by atoms with Gasteiger partial charge in [-0.05, 0) is 42.3 Å². The van der Waals surface area contributed by atoms with E-state index >= 15 is 0 Å². The van der Waals surface area contributed by atoms with E-state index in [1.165, 1.54) is 33.4 Å². The smallest absolute Gasteiger partial charge is 0.0531 e. The quantitative estimate of drug-likeness (QED) is 0.451. The van der Waals surface area contributed by atoms with Crippen molar-refractivity contribution in [3.05, 3.63) is 90.6 Å². The molecule has 0 spiro atoms. The number of benzene rings is 3. The van der Waals surface area contributed by atoms with Crippen LogP contribution in [0.2, 0.25) is 0 Å². The van der Waals surface area contributed by atoms with E-state index in [0.29, 0.717) is 0 Å². The summed E-state index contributed by atoms with van der Waals surface area (Å²) < 4.78 is 2.31. The lowest BCUT2D eigenvalue weighted by Crippen LogP contribution is -1.95. The largest absolute Gasteiger partial charge is 0.314 e. The number of fused-ring (bicyclic) bond motifs is 1. The lowest BCUT2D eigenvalue weighted by Gasteiger charge is -2.10. The monoisotopic (exact) mass is 283 g/mol. The van der Waals surface area contributed by atoms with Crippen molar-refractivity contribution in [3.63, 3.8) is 0 Å². The molecule has 0 radical (unpaired) electrons. The van der Waals surface area contributed by atoms with Crippen molar-refractivity contribution in [2.24, 2.45) is 0 Å². The molecule has 1 nitrogen and oxygen atoms in total. The summed E-state index contributed by atoms with van der Waals surface area (Å²) in [6, 6.07) is 30.0. The first-order valence-electron chi connectivity index (χ1n) is 7.56. The fourth-order valence-electron chi connectivity index (χ4n) is 3.07. The Kier molecular flexibility index (Phi) is 3.05. The molecule has 0 fully saturated rings. The van der Waals surface area contributed by atoms with E-state index < -0.39 is 0 Å². The minimum atomic E-state index is 1.21. The van der Waals surface area contributed by atoms with E-state index in [4.69, 9.17) is 0 Å². The standard InChI is InChI=1S/C21H17N/c1-16-15-19-9-5-6-10-21(19)22(16)20-13-11-18(12-14-20)17-7-3-2-4-8-17/h2-15H,1H3. The Morgan fingerprint density at radius 1 is 0.636 bits per heavy atom. The summed E-state index contributed by atoms with van der Waals surface area (Å²) >= 11 is 0. The zero-order valence-electron chi connectivity index (χ0n) is 12.5. The van der Waals surface area contributed by atoms with Gasteiger partial charge in [-0.2, -0.15) is 0 Å². The number of nitrogens with zero attached hydrogens (tertiary/aromatic N) is 1. The molecular formula is C21H17N. The van der Waals surface area contributed by atoms with Crippen molar-refractivity contribution in [3.8, 4) is 16.8 Å². The maximum atomic E-state index is 2.31. The molecule has 22 heavy (non-hydrogen) atoms. The minimum absolute atomic E-state index is 1.21. The molecule has 4 rings (SSSR count). The van der Waals surface area contributed by atoms with Gasteiger partial charge in [-0.25, -0.2) is 0 Å². The van der Waals surface area contributed by atoms with E-state index in [0.717, 1.165) is 0 Å². The van der Waals surface area contributed by atoms with Crippen molar-refractivity contribution < 1.29 is 0 Å². The highest BCUT2D eigenvalue weighted by molar-refractivity contribution is 5.83. The lowest BCUT2D eigenvalue weighted by molar-refractivity contribution is 1.05. The van der Waals surface area contributed by atoms with Gasteiger partial charge >= 0.3 is 0 Å². The Labute approximate surface area is 130 Å². The fourth-order valence-corrected chi connectivity index (χ4v) is 3.07. The summed E-state index contributed by atoms with van der Waals surface area (Å²) in [7, 11) is 0. The fraction of sp³-hybridized carbons (Fsp3) is 0.0476. The van der Waals surface area contributed by atoms with Crippen molar-refractivity contribution in [1.82, 2.24) is 4.57 Å². The summed E-state index contributed by atoms with van der Waals surface area (Å²) in [5, 5.41) is 1.28. The number of hydrogen-bond acceptors (Lipinski definition) is 0. The van der Waals surface area contributed by atoms with Gasteiger partial charge in [0.2, 0.25) is 0 Å². The molecule has 0 atom stereocenters. The van der Waals surface area contributed by atoms with Gasteiger partial charge in [0.1, 0.15) is 0 Å². The van der Waals surface area contributed by atoms with Crippen molar-refractivity contribution >= 4 is 10.9 Å². The Morgan fingerprint density at radius 3 is 2.05 bits per heavy atom. The van der Waals surface area contributed by atoms with Crippen LogP contribution >= 0.6 is 0 Å². The highest BCUT2D eigenvalue weighted by Gasteiger charge is 2.07. The molecular weight excluding hydrogens is 266 g/mol. The van der Waals surface area contributed by atoms with Crippen LogP contribution in [0.4, 0.5) is 0 Å². The van der Waals surface area contributed by atoms with Crippen LogP contribution in [0.15, 0.2) is 84.9 Å². The first kappa shape index (κ1) is 12.9. The van der Waals surface area contributed by atoms with E-state index in [9.17, 15) is 0 Å². The first-order chi connectivity index (χ1) is 10.8. The van der Waals surface area contributed by atoms with E-state index in [2.05, 4.69) is 90.4 Å². The molecule has 0 bridgehead atoms. The molecule has 0 amide bonds. The third-order valence-corrected chi connectivity index (χ3v) is 4.13. The maximum Gasteiger partial charge on any atom is 0.0531 e. The lowest BCUT2D eigenvalue weighted by atomic mass is 10.1. The van der Waals surface area contributed by atoms with Gasteiger partial charge in [0, 0.05) is 16.8 Å². The second-order valence-corrected chi connectivity index (χ2v) is 5.59. The first-order valence-corrected chi connectivity index (χ1v) is 7.56. The third kappa shape index (κ3) is 2.11. The van der Waals surface area contributed by atoms with Gasteiger partial charge in [0.05, 0.1) is 5.52 Å². The number of aromatic nitrogens is 1. The molecule has 1 aromatic heterocycles. The molecule has 1 heteroatoms. The Bertz CT molecular complexity index is 915. The van der Waals surface area contributed by atoms with Crippen LogP contribution in [0.5, 0.6) is 0 Å². The highest BCUT2D eigenvalue weighted by Crippen LogP contribution is 2.26. The topological polar surface area (TPSA) is 4.93 Å². The average molecular weight is 283 g/mol. The molecule has 0 aliphatic carbocycles. The number of rotatable bonds is 2. The minimum Gasteiger partial charge on any atom is -0.314 e. The number of hydrogen-bond donors (Lipinski definition) is 0. The molecule has 4 aromatic rings. The summed E-state index contributed by atoms with van der Waals surface area (Å²) in [6.07, 6.45) is 0. The van der Waals surface area contributed by atoms with Crippen LogP contribution in [-0.2, 0) is 0 Å². The summed E-state index contributed by atoms with van der Waals surface area (Å²) in [5.74, 6) is 0. The number of aryl methyl sites for hydroxylation is 1. The van der Waals surface area contributed by atoms with Gasteiger partial charge in [-0.3, -0.25) is 0 Å². The van der Waals surface area contributed by atoms with Gasteiger partial charge in [0.15, 0.2) is 0 Å². The van der Waals surface area contributed by atoms with E-state index in [1.54, 1.807) is 0 Å². The predicted octanol–water partition coefficient (Wildman–Crippen LogP) is 5.61. The summed E-state index contributed by atoms with van der Waals surface area (Å²) in [5.41, 5.74) is 6.22. The molecule has 0 unspecified atom stereocenters. The van der Waals surface area contributed by atoms with E-state index in [-0.39, 0.29) is 0 Å². The predicted molar refractivity (Wildman–Crippen MR) is 93.4 cm³/mol. The van der Waals surface area contributed by atoms with Gasteiger partial charge in [-0.15, -0.1) is 0 Å². The maximum absolute atomic E-state index is 2.31. The molecule has 0 aliphatic rings. The molecule has 1 heterocycles. The van der Waals surface area contributed by atoms with Gasteiger partial charge in [0.25, 0.3) is 0 Å². The Balaban J connectivity index is 1.81. The van der Waals surface area contributed by atoms with Crippen LogP contribution < -0.4 is 0 Å². The molecule has 0 saturated heterocycles. The van der Waals surface area contributed by atoms with Crippen molar-refractivity contribution in [2.45, 2.75) is 6.92 Å². The second-order valence-electron chi connectivity index (χ2n) is 5.59. The Morgan fingerprint density at radius 2 is 1.27 bits per heavy atom. The normalized spacial score (nSPS) is 11.0. The summed E-state index contributed by atoms with van der Waals surface area (Å²) in [4.78, 5) is 0. The summed E-state index contributed by atoms with van der Waals surface area (Å²) in [6.45, 7) is 2.16. The van der Waals surface area contributed by atoms with E-state index in [1.807, 2.05) is 6.07 Å². The average Bonchev–Trinajstić information content (AvgIpc) is 2.91. The zero-order chi connectivity index (χ0) is 14.9. The van der Waals surface area contributed by atoms with Crippen LogP contribution in [-0.4, -0.2) is 4.57 Å². The third-order valence-electron chi connectivity index (χ3n) is 4.13. The number of para-hydroxylation sites is 1. The molecule has 0 saturated carbocycles. The molecule has 0 aliphatic heterocycles. The van der Waals surface area contributed by atoms with Crippen LogP contribution in [0.3, 0.4) is 0 Å². The Hall–Kier alpha value is -2.80. The van der Waals surface area contributed by atoms with Gasteiger partial charge < -0.3 is 4.57 Å². The highest BCUT2D eigenvalue weighted by atomic mass is 15.0.